The standard InChI is InChI=1S/C25H34N4O6/c1-18-15-27-22(23(32)28(18)16-21(30)31)26-11-10-19-8-7-9-20(14-19)34-17-29(12-5-6-13-29)24(33)35-25(2,3)4/h7-9,14-15H,5-6,10-13,16-17H2,1-4H3,(H-,26,27,30,31)/p+1. The zero-order valence-electron chi connectivity index (χ0n) is 20.9. The molecule has 1 fully saturated rings. The predicted octanol–water partition coefficient (Wildman–Crippen LogP) is 3.17. The Labute approximate surface area is 205 Å². The van der Waals surface area contributed by atoms with Crippen molar-refractivity contribution in [2.45, 2.75) is 59.1 Å². The number of aryl methyl sites for hydroxylation is 1. The highest BCUT2D eigenvalue weighted by atomic mass is 16.6. The number of carbonyl (C=O) groups excluding carboxylic acids is 1. The monoisotopic (exact) mass is 487 g/mol. The van der Waals surface area contributed by atoms with Crippen LogP contribution in [-0.4, -0.2) is 63.2 Å². The average molecular weight is 488 g/mol. The van der Waals surface area contributed by atoms with Gasteiger partial charge in [-0.1, -0.05) is 12.1 Å². The molecule has 10 nitrogen and oxygen atoms in total. The van der Waals surface area contributed by atoms with E-state index in [1.807, 2.05) is 45.0 Å². The number of carboxylic acid groups (broad SMARTS) is 1. The maximum absolute atomic E-state index is 12.9. The smallest absolute Gasteiger partial charge is 0.480 e. The van der Waals surface area contributed by atoms with Gasteiger partial charge in [0.15, 0.2) is 5.82 Å². The topological polar surface area (TPSA) is 120 Å². The first kappa shape index (κ1) is 26.2. The molecule has 0 atom stereocenters. The Hall–Kier alpha value is -3.40. The second-order valence-corrected chi connectivity index (χ2v) is 9.91. The molecule has 2 N–H and O–H groups in total. The third-order valence-corrected chi connectivity index (χ3v) is 5.83. The number of nitrogens with zero attached hydrogens (tertiary/aromatic N) is 3. The number of aliphatic carboxylic acids is 1. The molecule has 0 radical (unpaired) electrons. The maximum atomic E-state index is 12.9. The van der Waals surface area contributed by atoms with E-state index in [9.17, 15) is 14.4 Å². The van der Waals surface area contributed by atoms with Crippen molar-refractivity contribution < 1.29 is 28.7 Å². The third kappa shape index (κ3) is 7.05. The van der Waals surface area contributed by atoms with Gasteiger partial charge < -0.3 is 19.9 Å². The van der Waals surface area contributed by atoms with Gasteiger partial charge in [0, 0.05) is 31.3 Å². The van der Waals surface area contributed by atoms with Crippen LogP contribution in [0, 0.1) is 6.92 Å². The van der Waals surface area contributed by atoms with Crippen molar-refractivity contribution in [2.24, 2.45) is 0 Å². The van der Waals surface area contributed by atoms with Crippen LogP contribution in [0.5, 0.6) is 5.75 Å². The zero-order chi connectivity index (χ0) is 25.6. The lowest BCUT2D eigenvalue weighted by Gasteiger charge is -2.32. The lowest BCUT2D eigenvalue weighted by molar-refractivity contribution is -0.862. The van der Waals surface area contributed by atoms with Gasteiger partial charge in [0.05, 0.1) is 13.1 Å². The van der Waals surface area contributed by atoms with E-state index in [2.05, 4.69) is 10.3 Å². The summed E-state index contributed by atoms with van der Waals surface area (Å²) in [5, 5.41) is 12.0. The zero-order valence-corrected chi connectivity index (χ0v) is 20.9. The summed E-state index contributed by atoms with van der Waals surface area (Å²) in [7, 11) is 0. The molecule has 1 aliphatic heterocycles. The van der Waals surface area contributed by atoms with Gasteiger partial charge >= 0.3 is 12.1 Å². The molecule has 1 aromatic heterocycles. The normalized spacial score (nSPS) is 15.0. The minimum atomic E-state index is -1.09. The second-order valence-electron chi connectivity index (χ2n) is 9.91. The molecule has 1 saturated heterocycles. The molecule has 35 heavy (non-hydrogen) atoms. The van der Waals surface area contributed by atoms with Gasteiger partial charge in [0.1, 0.15) is 17.9 Å². The Balaban J connectivity index is 1.60. The van der Waals surface area contributed by atoms with Gasteiger partial charge in [-0.3, -0.25) is 14.2 Å². The first-order chi connectivity index (χ1) is 16.5. The van der Waals surface area contributed by atoms with Crippen LogP contribution in [0.2, 0.25) is 0 Å². The fourth-order valence-electron chi connectivity index (χ4n) is 4.00. The van der Waals surface area contributed by atoms with E-state index >= 15 is 0 Å². The van der Waals surface area contributed by atoms with Crippen LogP contribution >= 0.6 is 0 Å². The number of hydrogen-bond donors (Lipinski definition) is 2. The summed E-state index contributed by atoms with van der Waals surface area (Å²) in [6, 6.07) is 7.60. The summed E-state index contributed by atoms with van der Waals surface area (Å²) >= 11 is 0. The fraction of sp³-hybridized carbons (Fsp3) is 0.520. The first-order valence-corrected chi connectivity index (χ1v) is 11.8. The highest BCUT2D eigenvalue weighted by Crippen LogP contribution is 2.25. The highest BCUT2D eigenvalue weighted by molar-refractivity contribution is 5.66. The van der Waals surface area contributed by atoms with Crippen molar-refractivity contribution in [3.8, 4) is 5.75 Å². The molecule has 3 rings (SSSR count). The second kappa shape index (κ2) is 10.9. The van der Waals surface area contributed by atoms with Crippen LogP contribution in [-0.2, 0) is 22.5 Å². The van der Waals surface area contributed by atoms with E-state index in [1.54, 1.807) is 6.92 Å². The summed E-state index contributed by atoms with van der Waals surface area (Å²) in [5.74, 6) is -0.316. The van der Waals surface area contributed by atoms with E-state index in [0.717, 1.165) is 18.4 Å². The molecule has 1 amide bonds. The van der Waals surface area contributed by atoms with Crippen molar-refractivity contribution in [2.75, 3.05) is 31.7 Å². The number of rotatable bonds is 9. The Morgan fingerprint density at radius 1 is 1.23 bits per heavy atom. The third-order valence-electron chi connectivity index (χ3n) is 5.83. The van der Waals surface area contributed by atoms with Gasteiger partial charge in [-0.2, -0.15) is 9.28 Å². The molecule has 0 bridgehead atoms. The number of nitrogens with one attached hydrogen (secondary N) is 1. The molecule has 2 aromatic rings. The molecular formula is C25H35N4O6+. The summed E-state index contributed by atoms with van der Waals surface area (Å²) in [4.78, 5) is 40.5. The highest BCUT2D eigenvalue weighted by Gasteiger charge is 2.44. The number of ether oxygens (including phenoxy) is 2. The van der Waals surface area contributed by atoms with Crippen LogP contribution in [0.15, 0.2) is 35.3 Å². The van der Waals surface area contributed by atoms with E-state index in [4.69, 9.17) is 14.6 Å². The van der Waals surface area contributed by atoms with E-state index < -0.39 is 23.7 Å². The maximum Gasteiger partial charge on any atom is 0.519 e. The van der Waals surface area contributed by atoms with Crippen LogP contribution in [0.1, 0.15) is 44.9 Å². The lowest BCUT2D eigenvalue weighted by atomic mass is 10.1. The Kier molecular flexibility index (Phi) is 8.16. The predicted molar refractivity (Wildman–Crippen MR) is 130 cm³/mol. The van der Waals surface area contributed by atoms with Crippen LogP contribution < -0.4 is 15.6 Å². The van der Waals surface area contributed by atoms with E-state index in [0.29, 0.717) is 37.5 Å². The number of anilines is 1. The number of aromatic nitrogens is 2. The fourth-order valence-corrected chi connectivity index (χ4v) is 4.00. The van der Waals surface area contributed by atoms with E-state index in [-0.39, 0.29) is 23.1 Å². The molecule has 0 unspecified atom stereocenters. The quantitative estimate of drug-likeness (QED) is 0.518. The van der Waals surface area contributed by atoms with E-state index in [1.165, 1.54) is 10.8 Å². The molecule has 0 saturated carbocycles. The van der Waals surface area contributed by atoms with Gasteiger partial charge in [-0.05, 0) is 51.8 Å². The summed E-state index contributed by atoms with van der Waals surface area (Å²) in [6.07, 6.45) is 3.72. The number of carbonyl (C=O) groups is 2. The number of hydrogen-bond acceptors (Lipinski definition) is 7. The number of carboxylic acids is 1. The molecular weight excluding hydrogens is 452 g/mol. The number of amides is 1. The SMILES string of the molecule is Cc1cnc(NCCc2cccc(OC[N+]3(C(=O)OC(C)(C)C)CCCC3)c2)c(=O)n1CC(=O)O. The minimum absolute atomic E-state index is 0.113. The molecule has 2 heterocycles. The number of quaternary nitrogens is 1. The van der Waals surface area contributed by atoms with Crippen molar-refractivity contribution in [3.05, 3.63) is 52.1 Å². The van der Waals surface area contributed by atoms with Crippen molar-refractivity contribution in [3.63, 3.8) is 0 Å². The molecule has 10 heteroatoms. The van der Waals surface area contributed by atoms with Gasteiger partial charge in [0.2, 0.25) is 6.73 Å². The minimum Gasteiger partial charge on any atom is -0.480 e. The summed E-state index contributed by atoms with van der Waals surface area (Å²) in [5.41, 5.74) is 0.447. The molecule has 1 aromatic carbocycles. The van der Waals surface area contributed by atoms with Crippen molar-refractivity contribution in [1.82, 2.24) is 9.55 Å². The molecule has 190 valence electrons. The summed E-state index contributed by atoms with van der Waals surface area (Å²) in [6.45, 7) is 8.86. The van der Waals surface area contributed by atoms with Crippen LogP contribution in [0.25, 0.3) is 0 Å². The summed E-state index contributed by atoms with van der Waals surface area (Å²) < 4.78 is 13.0. The largest absolute Gasteiger partial charge is 0.519 e. The van der Waals surface area contributed by atoms with Crippen molar-refractivity contribution in [1.29, 1.82) is 0 Å². The number of benzene rings is 1. The molecule has 1 aliphatic rings. The Bertz CT molecular complexity index is 1120. The first-order valence-electron chi connectivity index (χ1n) is 11.8. The number of likely N-dealkylation sites (tertiary alicyclic amines) is 1. The van der Waals surface area contributed by atoms with Gasteiger partial charge in [-0.25, -0.2) is 4.98 Å². The van der Waals surface area contributed by atoms with Crippen LogP contribution in [0.3, 0.4) is 0 Å². The van der Waals surface area contributed by atoms with Crippen molar-refractivity contribution >= 4 is 17.9 Å². The van der Waals surface area contributed by atoms with Gasteiger partial charge in [0.25, 0.3) is 5.56 Å². The van der Waals surface area contributed by atoms with Crippen LogP contribution in [0.4, 0.5) is 10.6 Å². The van der Waals surface area contributed by atoms with Gasteiger partial charge in [-0.15, -0.1) is 0 Å². The average Bonchev–Trinajstić information content (AvgIpc) is 3.26. The molecule has 0 spiro atoms. The Morgan fingerprint density at radius 2 is 1.94 bits per heavy atom. The lowest BCUT2D eigenvalue weighted by Crippen LogP contribution is -2.54. The Morgan fingerprint density at radius 3 is 2.60 bits per heavy atom. The molecule has 0 aliphatic carbocycles.